The fourth-order valence-electron chi connectivity index (χ4n) is 2.91. The summed E-state index contributed by atoms with van der Waals surface area (Å²) in [5.41, 5.74) is 2.67. The molecule has 2 atom stereocenters. The molecule has 1 N–H and O–H groups in total. The molecule has 5 nitrogen and oxygen atoms in total. The Kier molecular flexibility index (Phi) is 6.52. The highest BCUT2D eigenvalue weighted by Crippen LogP contribution is 2.33. The minimum absolute atomic E-state index is 0.0348. The van der Waals surface area contributed by atoms with Crippen molar-refractivity contribution in [1.82, 2.24) is 4.90 Å². The van der Waals surface area contributed by atoms with Crippen LogP contribution in [0.2, 0.25) is 0 Å². The third kappa shape index (κ3) is 4.81. The van der Waals surface area contributed by atoms with Gasteiger partial charge in [0.05, 0.1) is 5.69 Å². The van der Waals surface area contributed by atoms with Gasteiger partial charge < -0.3 is 5.32 Å². The number of carbonyl (C=O) groups excluding carboxylic acids is 2. The molecule has 6 heteroatoms. The summed E-state index contributed by atoms with van der Waals surface area (Å²) in [5, 5.41) is 3.09. The van der Waals surface area contributed by atoms with Gasteiger partial charge in [-0.1, -0.05) is 54.6 Å². The Hall–Kier alpha value is -2.60. The topological polar surface area (TPSA) is 61.8 Å². The number of amides is 2. The predicted molar refractivity (Wildman–Crippen MR) is 116 cm³/mol. The van der Waals surface area contributed by atoms with Gasteiger partial charge in [0.25, 0.3) is 0 Å². The molecule has 0 aliphatic carbocycles. The second kappa shape index (κ2) is 9.06. The maximum absolute atomic E-state index is 13.0. The summed E-state index contributed by atoms with van der Waals surface area (Å²) in [6, 6.07) is 17.2. The average Bonchev–Trinajstić information content (AvgIpc) is 2.98. The molecule has 0 bridgehead atoms. The van der Waals surface area contributed by atoms with Gasteiger partial charge in [0.2, 0.25) is 11.8 Å². The first-order valence-electron chi connectivity index (χ1n) is 9.48. The van der Waals surface area contributed by atoms with Crippen LogP contribution in [-0.2, 0) is 9.59 Å². The van der Waals surface area contributed by atoms with Crippen LogP contribution in [0.4, 0.5) is 11.4 Å². The number of carbonyl (C=O) groups is 2. The van der Waals surface area contributed by atoms with Gasteiger partial charge in [0, 0.05) is 18.2 Å². The van der Waals surface area contributed by atoms with Crippen LogP contribution in [0.1, 0.15) is 32.3 Å². The van der Waals surface area contributed by atoms with Crippen molar-refractivity contribution >= 4 is 40.1 Å². The third-order valence-electron chi connectivity index (χ3n) is 4.69. The molecule has 0 aromatic heterocycles. The second-order valence-electron chi connectivity index (χ2n) is 6.92. The first-order valence-corrected chi connectivity index (χ1v) is 10.4. The fourth-order valence-corrected chi connectivity index (χ4v) is 4.16. The molecule has 146 valence electrons. The van der Waals surface area contributed by atoms with Gasteiger partial charge in [-0.25, -0.2) is 4.99 Å². The van der Waals surface area contributed by atoms with Gasteiger partial charge in [-0.15, -0.1) is 0 Å². The first-order chi connectivity index (χ1) is 13.5. The maximum Gasteiger partial charge on any atom is 0.242 e. The SMILES string of the molecule is CC[C@@H](C)N1C(=O)[C@@H](CC(=O)Nc2ccc(C)cc2)SC1=Nc1ccccc1. The van der Waals surface area contributed by atoms with E-state index in [0.717, 1.165) is 23.4 Å². The number of aliphatic imine (C=N–C) groups is 1. The van der Waals surface area contributed by atoms with E-state index < -0.39 is 5.25 Å². The standard InChI is InChI=1S/C22H25N3O2S/c1-4-16(3)25-21(27)19(28-22(25)24-17-8-6-5-7-9-17)14-20(26)23-18-12-10-15(2)11-13-18/h5-13,16,19H,4,14H2,1-3H3,(H,23,26)/t16-,19-/m1/s1. The Morgan fingerprint density at radius 2 is 1.86 bits per heavy atom. The molecule has 1 aliphatic rings. The minimum atomic E-state index is -0.457. The molecular weight excluding hydrogens is 370 g/mol. The van der Waals surface area contributed by atoms with Crippen molar-refractivity contribution in [3.8, 4) is 0 Å². The Balaban J connectivity index is 1.74. The zero-order valence-electron chi connectivity index (χ0n) is 16.4. The summed E-state index contributed by atoms with van der Waals surface area (Å²) in [4.78, 5) is 31.9. The smallest absolute Gasteiger partial charge is 0.242 e. The number of thioether (sulfide) groups is 1. The minimum Gasteiger partial charge on any atom is -0.326 e. The van der Waals surface area contributed by atoms with Crippen molar-refractivity contribution in [1.29, 1.82) is 0 Å². The number of hydrogen-bond acceptors (Lipinski definition) is 4. The first kappa shape index (κ1) is 20.1. The Morgan fingerprint density at radius 1 is 1.18 bits per heavy atom. The number of anilines is 1. The summed E-state index contributed by atoms with van der Waals surface area (Å²) >= 11 is 1.37. The second-order valence-corrected chi connectivity index (χ2v) is 8.09. The Morgan fingerprint density at radius 3 is 2.50 bits per heavy atom. The maximum atomic E-state index is 13.0. The molecule has 2 aromatic carbocycles. The van der Waals surface area contributed by atoms with Gasteiger partial charge in [-0.2, -0.15) is 0 Å². The summed E-state index contributed by atoms with van der Waals surface area (Å²) in [7, 11) is 0. The molecule has 1 aliphatic heterocycles. The number of rotatable bonds is 6. The van der Waals surface area contributed by atoms with Crippen molar-refractivity contribution in [2.75, 3.05) is 5.32 Å². The quantitative estimate of drug-likeness (QED) is 0.767. The predicted octanol–water partition coefficient (Wildman–Crippen LogP) is 4.75. The fraction of sp³-hybridized carbons (Fsp3) is 0.318. The number of nitrogens with one attached hydrogen (secondary N) is 1. The van der Waals surface area contributed by atoms with Crippen LogP contribution in [0.25, 0.3) is 0 Å². The van der Waals surface area contributed by atoms with E-state index in [-0.39, 0.29) is 24.3 Å². The van der Waals surface area contributed by atoms with Crippen LogP contribution in [-0.4, -0.2) is 33.2 Å². The lowest BCUT2D eigenvalue weighted by molar-refractivity contribution is -0.129. The highest BCUT2D eigenvalue weighted by molar-refractivity contribution is 8.15. The number of para-hydroxylation sites is 1. The molecule has 0 spiro atoms. The van der Waals surface area contributed by atoms with E-state index in [2.05, 4.69) is 10.3 Å². The van der Waals surface area contributed by atoms with Crippen molar-refractivity contribution in [2.24, 2.45) is 4.99 Å². The van der Waals surface area contributed by atoms with E-state index in [1.807, 2.05) is 75.4 Å². The van der Waals surface area contributed by atoms with Gasteiger partial charge in [-0.05, 0) is 44.5 Å². The third-order valence-corrected chi connectivity index (χ3v) is 5.84. The number of aryl methyl sites for hydroxylation is 1. The van der Waals surface area contributed by atoms with Gasteiger partial charge in [0.1, 0.15) is 5.25 Å². The summed E-state index contributed by atoms with van der Waals surface area (Å²) in [6.45, 7) is 6.05. The van der Waals surface area contributed by atoms with Crippen molar-refractivity contribution < 1.29 is 9.59 Å². The van der Waals surface area contributed by atoms with Crippen molar-refractivity contribution in [2.45, 2.75) is 44.9 Å². The summed E-state index contributed by atoms with van der Waals surface area (Å²) < 4.78 is 0. The lowest BCUT2D eigenvalue weighted by atomic mass is 10.2. The van der Waals surface area contributed by atoms with Crippen LogP contribution in [0.5, 0.6) is 0 Å². The van der Waals surface area contributed by atoms with Crippen molar-refractivity contribution in [3.63, 3.8) is 0 Å². The molecular formula is C22H25N3O2S. The normalized spacial score (nSPS) is 19.1. The van der Waals surface area contributed by atoms with Gasteiger partial charge in [-0.3, -0.25) is 14.5 Å². The van der Waals surface area contributed by atoms with Crippen LogP contribution in [0.15, 0.2) is 59.6 Å². The molecule has 0 radical (unpaired) electrons. The van der Waals surface area contributed by atoms with E-state index in [4.69, 9.17) is 0 Å². The molecule has 1 fully saturated rings. The molecule has 1 saturated heterocycles. The highest BCUT2D eigenvalue weighted by Gasteiger charge is 2.41. The Labute approximate surface area is 170 Å². The number of amidine groups is 1. The van der Waals surface area contributed by atoms with Crippen LogP contribution < -0.4 is 5.32 Å². The van der Waals surface area contributed by atoms with Crippen molar-refractivity contribution in [3.05, 3.63) is 60.2 Å². The van der Waals surface area contributed by atoms with Crippen LogP contribution >= 0.6 is 11.8 Å². The molecule has 28 heavy (non-hydrogen) atoms. The lowest BCUT2D eigenvalue weighted by Gasteiger charge is -2.23. The molecule has 3 rings (SSSR count). The molecule has 1 heterocycles. The van der Waals surface area contributed by atoms with E-state index >= 15 is 0 Å². The van der Waals surface area contributed by atoms with E-state index in [1.54, 1.807) is 4.90 Å². The van der Waals surface area contributed by atoms with Gasteiger partial charge >= 0.3 is 0 Å². The van der Waals surface area contributed by atoms with E-state index in [9.17, 15) is 9.59 Å². The molecule has 0 saturated carbocycles. The molecule has 2 aromatic rings. The largest absolute Gasteiger partial charge is 0.326 e. The van der Waals surface area contributed by atoms with Crippen LogP contribution in [0, 0.1) is 6.92 Å². The molecule has 2 amide bonds. The zero-order valence-corrected chi connectivity index (χ0v) is 17.2. The zero-order chi connectivity index (χ0) is 20.1. The highest BCUT2D eigenvalue weighted by atomic mass is 32.2. The van der Waals surface area contributed by atoms with E-state index in [1.165, 1.54) is 11.8 Å². The summed E-state index contributed by atoms with van der Waals surface area (Å²) in [6.07, 6.45) is 0.945. The number of benzene rings is 2. The van der Waals surface area contributed by atoms with Crippen LogP contribution in [0.3, 0.4) is 0 Å². The molecule has 0 unspecified atom stereocenters. The average molecular weight is 396 g/mol. The number of nitrogens with zero attached hydrogens (tertiary/aromatic N) is 2. The monoisotopic (exact) mass is 395 g/mol. The van der Waals surface area contributed by atoms with E-state index in [0.29, 0.717) is 5.17 Å². The number of hydrogen-bond donors (Lipinski definition) is 1. The Bertz CT molecular complexity index is 865. The summed E-state index contributed by atoms with van der Waals surface area (Å²) in [5.74, 6) is -0.215. The lowest BCUT2D eigenvalue weighted by Crippen LogP contribution is -2.39. The van der Waals surface area contributed by atoms with Gasteiger partial charge in [0.15, 0.2) is 5.17 Å².